The van der Waals surface area contributed by atoms with E-state index in [-0.39, 0.29) is 25.9 Å². The van der Waals surface area contributed by atoms with Gasteiger partial charge in [-0.05, 0) is 77.0 Å². The van der Waals surface area contributed by atoms with Crippen LogP contribution in [0.3, 0.4) is 0 Å². The maximum absolute atomic E-state index is 12.9. The highest BCUT2D eigenvalue weighted by atomic mass is 31.2. The Hall–Kier alpha value is -2.56. The average Bonchev–Trinajstić information content (AvgIpc) is 3.37. The molecule has 3 unspecified atom stereocenters. The fourth-order valence-corrected chi connectivity index (χ4v) is 9.03. The van der Waals surface area contributed by atoms with Crippen molar-refractivity contribution >= 4 is 25.7 Å². The molecule has 0 fully saturated rings. The number of carbonyl (C=O) groups excluding carboxylic acids is 3. The molecule has 0 saturated heterocycles. The van der Waals surface area contributed by atoms with E-state index >= 15 is 0 Å². The minimum atomic E-state index is -4.75. The molecule has 0 aromatic heterocycles. The summed E-state index contributed by atoms with van der Waals surface area (Å²) in [5.74, 6) is -1.47. The molecular weight excluding hydrogens is 928 g/mol. The van der Waals surface area contributed by atoms with Gasteiger partial charge in [0.25, 0.3) is 0 Å². The highest BCUT2D eigenvalue weighted by molar-refractivity contribution is 7.47. The van der Waals surface area contributed by atoms with E-state index < -0.39 is 57.8 Å². The molecule has 0 aliphatic carbocycles. The molecule has 0 radical (unpaired) electrons. The molecule has 11 nitrogen and oxygen atoms in total. The maximum Gasteiger partial charge on any atom is 0.472 e. The number of phosphoric ester groups is 1. The summed E-state index contributed by atoms with van der Waals surface area (Å²) >= 11 is 0. The zero-order valence-corrected chi connectivity index (χ0v) is 47.3. The number of phosphoric acid groups is 1. The highest BCUT2D eigenvalue weighted by Gasteiger charge is 2.28. The van der Waals surface area contributed by atoms with Crippen LogP contribution in [0.5, 0.6) is 0 Å². The minimum Gasteiger partial charge on any atom is -0.462 e. The first kappa shape index (κ1) is 69.4. The summed E-state index contributed by atoms with van der Waals surface area (Å²) < 4.78 is 39.5. The van der Waals surface area contributed by atoms with E-state index in [1.165, 1.54) is 103 Å². The Labute approximate surface area is 441 Å². The van der Waals surface area contributed by atoms with Crippen LogP contribution < -0.4 is 0 Å². The zero-order chi connectivity index (χ0) is 52.7. The molecular formula is C60H109O11P. The van der Waals surface area contributed by atoms with Crippen LogP contribution in [0.2, 0.25) is 0 Å². The second-order valence-electron chi connectivity index (χ2n) is 19.8. The Morgan fingerprint density at radius 3 is 1.14 bits per heavy atom. The van der Waals surface area contributed by atoms with Crippen LogP contribution in [0.25, 0.3) is 0 Å². The molecule has 0 amide bonds. The van der Waals surface area contributed by atoms with Crippen LogP contribution in [0.1, 0.15) is 278 Å². The summed E-state index contributed by atoms with van der Waals surface area (Å²) in [6.07, 6.45) is 57.8. The van der Waals surface area contributed by atoms with Gasteiger partial charge < -0.3 is 24.2 Å². The van der Waals surface area contributed by atoms with Crippen LogP contribution in [-0.2, 0) is 42.2 Å². The number of ether oxygens (including phenoxy) is 3. The number of hydrogen-bond donors (Lipinski definition) is 2. The summed E-state index contributed by atoms with van der Waals surface area (Å²) in [6.45, 7) is 4.54. The van der Waals surface area contributed by atoms with Gasteiger partial charge in [-0.2, -0.15) is 0 Å². The van der Waals surface area contributed by atoms with Crippen LogP contribution in [-0.4, -0.2) is 66.5 Å². The summed E-state index contributed by atoms with van der Waals surface area (Å²) in [7, 11) is -4.75. The van der Waals surface area contributed by atoms with Crippen LogP contribution in [0.15, 0.2) is 48.6 Å². The Morgan fingerprint density at radius 2 is 0.722 bits per heavy atom. The SMILES string of the molecule is CC/C=C\C/C=C\C/C=C\CCCCCCCCCC(=O)OC(COC(=O)CCCCCCC/C=C\CCCCCC)COP(=O)(O)OCC(CO)OC(=O)CCCCCCCCCCCCCCCCC. The molecule has 12 heteroatoms. The molecule has 2 N–H and O–H groups in total. The quantitative estimate of drug-likeness (QED) is 0.0197. The van der Waals surface area contributed by atoms with E-state index in [9.17, 15) is 28.9 Å². The Balaban J connectivity index is 4.70. The van der Waals surface area contributed by atoms with Crippen molar-refractivity contribution in [3.63, 3.8) is 0 Å². The summed E-state index contributed by atoms with van der Waals surface area (Å²) in [4.78, 5) is 48.5. The van der Waals surface area contributed by atoms with Gasteiger partial charge in [-0.1, -0.05) is 230 Å². The van der Waals surface area contributed by atoms with Gasteiger partial charge in [0.15, 0.2) is 6.10 Å². The Morgan fingerprint density at radius 1 is 0.403 bits per heavy atom. The minimum absolute atomic E-state index is 0.156. The van der Waals surface area contributed by atoms with Crippen molar-refractivity contribution in [2.45, 2.75) is 290 Å². The zero-order valence-electron chi connectivity index (χ0n) is 46.4. The van der Waals surface area contributed by atoms with Crippen molar-refractivity contribution in [1.29, 1.82) is 0 Å². The second kappa shape index (κ2) is 54.7. The number of aliphatic hydroxyl groups is 1. The molecule has 0 aromatic rings. The molecule has 0 aliphatic heterocycles. The van der Waals surface area contributed by atoms with Crippen molar-refractivity contribution in [2.75, 3.05) is 26.4 Å². The smallest absolute Gasteiger partial charge is 0.462 e. The first-order valence-corrected chi connectivity index (χ1v) is 31.0. The van der Waals surface area contributed by atoms with E-state index in [4.69, 9.17) is 23.3 Å². The van der Waals surface area contributed by atoms with E-state index in [1.807, 2.05) is 0 Å². The molecule has 0 bridgehead atoms. The van der Waals surface area contributed by atoms with Crippen LogP contribution in [0, 0.1) is 0 Å². The predicted octanol–water partition coefficient (Wildman–Crippen LogP) is 17.4. The van der Waals surface area contributed by atoms with Crippen LogP contribution >= 0.6 is 7.82 Å². The predicted molar refractivity (Wildman–Crippen MR) is 298 cm³/mol. The standard InChI is InChI=1S/C60H109O11P/c1-4-7-10-13-16-19-22-25-27-28-30-33-36-39-42-45-48-51-60(64)71-57(53-67-58(62)49-46-43-40-37-34-31-24-21-18-15-12-9-6-3)55-69-72(65,66)68-54-56(52-61)70-59(63)50-47-44-41-38-35-32-29-26-23-20-17-14-11-8-5-2/h7,10,16,19,21,24-25,27,56-57,61H,4-6,8-9,11-15,17-18,20,22-23,26,28-55H2,1-3H3,(H,65,66)/b10-7-,19-16-,24-21-,27-25-. The van der Waals surface area contributed by atoms with Gasteiger partial charge >= 0.3 is 25.7 Å². The third-order valence-corrected chi connectivity index (χ3v) is 13.7. The number of esters is 3. The third kappa shape index (κ3) is 52.3. The van der Waals surface area contributed by atoms with E-state index in [0.717, 1.165) is 116 Å². The number of rotatable bonds is 55. The van der Waals surface area contributed by atoms with Gasteiger partial charge in [-0.3, -0.25) is 23.4 Å². The van der Waals surface area contributed by atoms with E-state index in [1.54, 1.807) is 0 Å². The van der Waals surface area contributed by atoms with Gasteiger partial charge in [0.2, 0.25) is 0 Å². The van der Waals surface area contributed by atoms with Gasteiger partial charge in [0.05, 0.1) is 19.8 Å². The molecule has 420 valence electrons. The first-order valence-electron chi connectivity index (χ1n) is 29.5. The van der Waals surface area contributed by atoms with E-state index in [2.05, 4.69) is 69.4 Å². The van der Waals surface area contributed by atoms with Gasteiger partial charge in [-0.25, -0.2) is 4.57 Å². The molecule has 0 aliphatic rings. The Kier molecular flexibility index (Phi) is 52.7. The van der Waals surface area contributed by atoms with Crippen molar-refractivity contribution in [2.24, 2.45) is 0 Å². The van der Waals surface area contributed by atoms with Gasteiger partial charge in [0.1, 0.15) is 12.7 Å². The molecule has 0 aromatic carbocycles. The van der Waals surface area contributed by atoms with Crippen molar-refractivity contribution < 1.29 is 52.2 Å². The monoisotopic (exact) mass is 1040 g/mol. The number of allylic oxidation sites excluding steroid dienone is 8. The number of aliphatic hydroxyl groups excluding tert-OH is 1. The molecule has 0 spiro atoms. The summed E-state index contributed by atoms with van der Waals surface area (Å²) in [5.41, 5.74) is 0. The van der Waals surface area contributed by atoms with Crippen molar-refractivity contribution in [3.05, 3.63) is 48.6 Å². The lowest BCUT2D eigenvalue weighted by molar-refractivity contribution is -0.161. The summed E-state index contributed by atoms with van der Waals surface area (Å²) in [5, 5.41) is 9.82. The normalized spacial score (nSPS) is 13.7. The lowest BCUT2D eigenvalue weighted by Crippen LogP contribution is -2.30. The average molecular weight is 1040 g/mol. The molecule has 0 saturated carbocycles. The molecule has 0 rings (SSSR count). The fourth-order valence-electron chi connectivity index (χ4n) is 8.25. The summed E-state index contributed by atoms with van der Waals surface area (Å²) in [6, 6.07) is 0. The van der Waals surface area contributed by atoms with Crippen molar-refractivity contribution in [3.8, 4) is 0 Å². The highest BCUT2D eigenvalue weighted by Crippen LogP contribution is 2.43. The topological polar surface area (TPSA) is 155 Å². The van der Waals surface area contributed by atoms with Gasteiger partial charge in [-0.15, -0.1) is 0 Å². The first-order chi connectivity index (χ1) is 35.2. The number of carbonyl (C=O) groups is 3. The number of unbranched alkanes of at least 4 members (excludes halogenated alkanes) is 30. The lowest BCUT2D eigenvalue weighted by atomic mass is 10.0. The van der Waals surface area contributed by atoms with Crippen molar-refractivity contribution in [1.82, 2.24) is 0 Å². The number of hydrogen-bond acceptors (Lipinski definition) is 10. The fraction of sp³-hybridized carbons (Fsp3) is 0.817. The maximum atomic E-state index is 12.9. The van der Waals surface area contributed by atoms with E-state index in [0.29, 0.717) is 19.3 Å². The third-order valence-electron chi connectivity index (χ3n) is 12.7. The largest absolute Gasteiger partial charge is 0.472 e. The van der Waals surface area contributed by atoms with Crippen LogP contribution in [0.4, 0.5) is 0 Å². The molecule has 3 atom stereocenters. The Bertz CT molecular complexity index is 1400. The lowest BCUT2D eigenvalue weighted by Gasteiger charge is -2.21. The van der Waals surface area contributed by atoms with Gasteiger partial charge in [0, 0.05) is 19.3 Å². The molecule has 72 heavy (non-hydrogen) atoms. The second-order valence-corrected chi connectivity index (χ2v) is 21.2. The molecule has 0 heterocycles.